The van der Waals surface area contributed by atoms with Gasteiger partial charge >= 0.3 is 5.97 Å². The number of carbonyl (C=O) groups excluding carboxylic acids is 2. The minimum absolute atomic E-state index is 0.103. The normalized spacial score (nSPS) is 11.0. The highest BCUT2D eigenvalue weighted by Gasteiger charge is 2.16. The van der Waals surface area contributed by atoms with Crippen molar-refractivity contribution < 1.29 is 14.3 Å². The van der Waals surface area contributed by atoms with Gasteiger partial charge < -0.3 is 4.74 Å². The standard InChI is InChI=1S/C23H19NO3/c1-3-27-23(26)20-11-10-19-13-21(24(15(2)25)22(19)14-20)18-9-8-16-6-4-5-7-17(16)12-18/h4-14H,3H2,1-2H3. The molecule has 1 heterocycles. The molecule has 0 amide bonds. The van der Waals surface area contributed by atoms with E-state index in [1.165, 1.54) is 6.92 Å². The molecule has 3 aromatic carbocycles. The van der Waals surface area contributed by atoms with Crippen molar-refractivity contribution in [1.82, 2.24) is 4.57 Å². The van der Waals surface area contributed by atoms with Crippen molar-refractivity contribution in [2.24, 2.45) is 0 Å². The van der Waals surface area contributed by atoms with Crippen molar-refractivity contribution in [2.45, 2.75) is 13.8 Å². The van der Waals surface area contributed by atoms with E-state index in [1.54, 1.807) is 23.6 Å². The molecule has 0 bridgehead atoms. The first-order valence-corrected chi connectivity index (χ1v) is 8.91. The third kappa shape index (κ3) is 2.99. The second kappa shape index (κ2) is 6.72. The predicted octanol–water partition coefficient (Wildman–Crippen LogP) is 5.30. The van der Waals surface area contributed by atoms with E-state index in [0.29, 0.717) is 17.7 Å². The highest BCUT2D eigenvalue weighted by molar-refractivity contribution is 6.02. The van der Waals surface area contributed by atoms with Crippen LogP contribution in [0.5, 0.6) is 0 Å². The molecule has 134 valence electrons. The van der Waals surface area contributed by atoms with Crippen LogP contribution in [0.2, 0.25) is 0 Å². The van der Waals surface area contributed by atoms with Gasteiger partial charge in [0.25, 0.3) is 0 Å². The number of aromatic nitrogens is 1. The summed E-state index contributed by atoms with van der Waals surface area (Å²) in [5.41, 5.74) is 2.91. The van der Waals surface area contributed by atoms with Crippen molar-refractivity contribution in [3.63, 3.8) is 0 Å². The van der Waals surface area contributed by atoms with Crippen molar-refractivity contribution in [2.75, 3.05) is 6.61 Å². The Balaban J connectivity index is 1.92. The van der Waals surface area contributed by atoms with Crippen LogP contribution in [0.4, 0.5) is 0 Å². The van der Waals surface area contributed by atoms with Gasteiger partial charge in [0, 0.05) is 12.3 Å². The van der Waals surface area contributed by atoms with Crippen LogP contribution in [-0.2, 0) is 4.74 Å². The fourth-order valence-electron chi connectivity index (χ4n) is 3.44. The number of benzene rings is 3. The van der Waals surface area contributed by atoms with Gasteiger partial charge in [-0.05, 0) is 47.5 Å². The fourth-order valence-corrected chi connectivity index (χ4v) is 3.44. The zero-order valence-electron chi connectivity index (χ0n) is 15.2. The largest absolute Gasteiger partial charge is 0.462 e. The van der Waals surface area contributed by atoms with Gasteiger partial charge in [0.05, 0.1) is 23.4 Å². The Bertz CT molecular complexity index is 1190. The van der Waals surface area contributed by atoms with Crippen molar-refractivity contribution in [3.8, 4) is 11.3 Å². The van der Waals surface area contributed by atoms with Crippen LogP contribution < -0.4 is 0 Å². The predicted molar refractivity (Wildman–Crippen MR) is 107 cm³/mol. The minimum Gasteiger partial charge on any atom is -0.462 e. The first kappa shape index (κ1) is 17.0. The first-order chi connectivity index (χ1) is 13.1. The minimum atomic E-state index is -0.386. The maximum Gasteiger partial charge on any atom is 0.338 e. The summed E-state index contributed by atoms with van der Waals surface area (Å²) >= 11 is 0. The van der Waals surface area contributed by atoms with Crippen molar-refractivity contribution >= 4 is 33.6 Å². The average Bonchev–Trinajstić information content (AvgIpc) is 3.06. The molecule has 0 saturated carbocycles. The Labute approximate surface area is 157 Å². The number of rotatable bonds is 3. The van der Waals surface area contributed by atoms with Crippen molar-refractivity contribution in [1.29, 1.82) is 0 Å². The third-order valence-electron chi connectivity index (χ3n) is 4.68. The second-order valence-corrected chi connectivity index (χ2v) is 6.44. The molecule has 4 rings (SSSR count). The van der Waals surface area contributed by atoms with E-state index < -0.39 is 0 Å². The molecule has 0 aliphatic carbocycles. The van der Waals surface area contributed by atoms with Gasteiger partial charge in [-0.25, -0.2) is 4.79 Å². The van der Waals surface area contributed by atoms with E-state index >= 15 is 0 Å². The monoisotopic (exact) mass is 357 g/mol. The number of esters is 1. The topological polar surface area (TPSA) is 48.3 Å². The molecule has 4 heteroatoms. The lowest BCUT2D eigenvalue weighted by atomic mass is 10.0. The zero-order chi connectivity index (χ0) is 19.0. The van der Waals surface area contributed by atoms with Gasteiger partial charge in [-0.2, -0.15) is 0 Å². The lowest BCUT2D eigenvalue weighted by molar-refractivity contribution is 0.0526. The van der Waals surface area contributed by atoms with Crippen LogP contribution in [0.15, 0.2) is 66.7 Å². The number of hydrogen-bond acceptors (Lipinski definition) is 3. The Morgan fingerprint density at radius 3 is 2.37 bits per heavy atom. The van der Waals surface area contributed by atoms with Gasteiger partial charge in [-0.3, -0.25) is 9.36 Å². The summed E-state index contributed by atoms with van der Waals surface area (Å²) in [7, 11) is 0. The molecule has 0 N–H and O–H groups in total. The molecular formula is C23H19NO3. The molecule has 4 nitrogen and oxygen atoms in total. The highest BCUT2D eigenvalue weighted by Crippen LogP contribution is 2.31. The fraction of sp³-hybridized carbons (Fsp3) is 0.130. The van der Waals surface area contributed by atoms with Crippen LogP contribution in [0.3, 0.4) is 0 Å². The Morgan fingerprint density at radius 2 is 1.63 bits per heavy atom. The second-order valence-electron chi connectivity index (χ2n) is 6.44. The summed E-state index contributed by atoms with van der Waals surface area (Å²) in [5, 5.41) is 3.17. The van der Waals surface area contributed by atoms with Crippen LogP contribution in [0.25, 0.3) is 32.9 Å². The van der Waals surface area contributed by atoms with Gasteiger partial charge in [-0.1, -0.05) is 42.5 Å². The smallest absolute Gasteiger partial charge is 0.338 e. The highest BCUT2D eigenvalue weighted by atomic mass is 16.5. The van der Waals surface area contributed by atoms with Crippen LogP contribution in [-0.4, -0.2) is 23.1 Å². The lowest BCUT2D eigenvalue weighted by Gasteiger charge is -2.09. The average molecular weight is 357 g/mol. The lowest BCUT2D eigenvalue weighted by Crippen LogP contribution is -2.08. The summed E-state index contributed by atoms with van der Waals surface area (Å²) in [5.74, 6) is -0.489. The summed E-state index contributed by atoms with van der Waals surface area (Å²) in [6, 6.07) is 21.6. The number of nitrogens with zero attached hydrogens (tertiary/aromatic N) is 1. The summed E-state index contributed by atoms with van der Waals surface area (Å²) < 4.78 is 6.74. The molecule has 0 saturated heterocycles. The van der Waals surface area contributed by atoms with Gasteiger partial charge in [0.1, 0.15) is 0 Å². The molecule has 0 radical (unpaired) electrons. The van der Waals surface area contributed by atoms with Crippen LogP contribution in [0.1, 0.15) is 29.0 Å². The molecular weight excluding hydrogens is 338 g/mol. The quantitative estimate of drug-likeness (QED) is 0.468. The van der Waals surface area contributed by atoms with E-state index in [1.807, 2.05) is 30.3 Å². The molecule has 0 unspecified atom stereocenters. The number of ether oxygens (including phenoxy) is 1. The molecule has 0 aliphatic rings. The van der Waals surface area contributed by atoms with Gasteiger partial charge in [0.2, 0.25) is 5.91 Å². The molecule has 0 atom stereocenters. The van der Waals surface area contributed by atoms with E-state index in [9.17, 15) is 9.59 Å². The van der Waals surface area contributed by atoms with Crippen LogP contribution >= 0.6 is 0 Å². The Morgan fingerprint density at radius 1 is 0.889 bits per heavy atom. The van der Waals surface area contributed by atoms with E-state index in [0.717, 1.165) is 27.4 Å². The first-order valence-electron chi connectivity index (χ1n) is 8.91. The molecule has 4 aromatic rings. The maximum atomic E-state index is 12.4. The van der Waals surface area contributed by atoms with Crippen molar-refractivity contribution in [3.05, 3.63) is 72.3 Å². The molecule has 27 heavy (non-hydrogen) atoms. The summed E-state index contributed by atoms with van der Waals surface area (Å²) in [6.45, 7) is 3.61. The molecule has 0 aliphatic heterocycles. The SMILES string of the molecule is CCOC(=O)c1ccc2cc(-c3ccc4ccccc4c3)n(C(C)=O)c2c1. The van der Waals surface area contributed by atoms with Gasteiger partial charge in [0.15, 0.2) is 0 Å². The number of fused-ring (bicyclic) bond motifs is 2. The summed E-state index contributed by atoms with van der Waals surface area (Å²) in [4.78, 5) is 24.5. The molecule has 0 spiro atoms. The third-order valence-corrected chi connectivity index (χ3v) is 4.68. The van der Waals surface area contributed by atoms with E-state index in [4.69, 9.17) is 4.74 Å². The number of hydrogen-bond donors (Lipinski definition) is 0. The Kier molecular flexibility index (Phi) is 4.24. The molecule has 1 aromatic heterocycles. The van der Waals surface area contributed by atoms with Crippen LogP contribution in [0, 0.1) is 0 Å². The number of carbonyl (C=O) groups is 2. The van der Waals surface area contributed by atoms with Gasteiger partial charge in [-0.15, -0.1) is 0 Å². The van der Waals surface area contributed by atoms with E-state index in [-0.39, 0.29) is 11.9 Å². The molecule has 0 fully saturated rings. The van der Waals surface area contributed by atoms with E-state index in [2.05, 4.69) is 24.3 Å². The zero-order valence-corrected chi connectivity index (χ0v) is 15.2. The Hall–Kier alpha value is -3.40. The summed E-state index contributed by atoms with van der Waals surface area (Å²) in [6.07, 6.45) is 0. The maximum absolute atomic E-state index is 12.4.